The van der Waals surface area contributed by atoms with E-state index in [-0.39, 0.29) is 6.61 Å². The number of hydrogen-bond donors (Lipinski definition) is 1. The molecule has 0 aliphatic heterocycles. The fraction of sp³-hybridized carbons (Fsp3) is 0.222. The van der Waals surface area contributed by atoms with Crippen LogP contribution in [0.3, 0.4) is 0 Å². The third-order valence-electron chi connectivity index (χ3n) is 2.98. The van der Waals surface area contributed by atoms with E-state index < -0.39 is 0 Å². The summed E-state index contributed by atoms with van der Waals surface area (Å²) in [4.78, 5) is 2.35. The molecule has 110 valence electrons. The van der Waals surface area contributed by atoms with Crippen molar-refractivity contribution in [3.8, 4) is 0 Å². The Morgan fingerprint density at radius 3 is 1.95 bits per heavy atom. The summed E-state index contributed by atoms with van der Waals surface area (Å²) in [5.74, 6) is 0. The molecule has 21 heavy (non-hydrogen) atoms. The summed E-state index contributed by atoms with van der Waals surface area (Å²) in [5, 5.41) is 9.27. The van der Waals surface area contributed by atoms with E-state index in [9.17, 15) is 5.11 Å². The molecule has 0 radical (unpaired) electrons. The van der Waals surface area contributed by atoms with Crippen molar-refractivity contribution in [1.82, 2.24) is 0 Å². The Bertz CT molecular complexity index is 586. The average molecular weight is 410 g/mol. The van der Waals surface area contributed by atoms with E-state index in [1.807, 2.05) is 0 Å². The topological polar surface area (TPSA) is 20.2 Å². The van der Waals surface area contributed by atoms with Crippen molar-refractivity contribution in [2.45, 2.75) is 20.3 Å². The fourth-order valence-electron chi connectivity index (χ4n) is 1.75. The van der Waals surface area contributed by atoms with Crippen LogP contribution in [0.1, 0.15) is 17.5 Å². The summed E-state index contributed by atoms with van der Waals surface area (Å²) in [6.07, 6.45) is 0.793. The molecule has 0 unspecified atom stereocenters. The van der Waals surface area contributed by atoms with Gasteiger partial charge in [-0.05, 0) is 0 Å². The third-order valence-corrected chi connectivity index (χ3v) is 8.01. The summed E-state index contributed by atoms with van der Waals surface area (Å²) >= 11 is 0.674. The van der Waals surface area contributed by atoms with Crippen LogP contribution in [0.2, 0.25) is 0 Å². The SMILES string of the molecule is Cc1ccc([Se]/C=C(/CCO)[Se]c2ccc(C)cc2)cc1. The zero-order chi connectivity index (χ0) is 15.1. The Balaban J connectivity index is 2.05. The Morgan fingerprint density at radius 2 is 1.43 bits per heavy atom. The predicted octanol–water partition coefficient (Wildman–Crippen LogP) is 1.89. The van der Waals surface area contributed by atoms with Crippen molar-refractivity contribution in [2.24, 2.45) is 0 Å². The second kappa shape index (κ2) is 8.58. The molecular formula is C18H20OSe2. The van der Waals surface area contributed by atoms with Crippen molar-refractivity contribution in [3.05, 3.63) is 69.1 Å². The molecule has 1 N–H and O–H groups in total. The number of aliphatic hydroxyl groups is 1. The van der Waals surface area contributed by atoms with Crippen LogP contribution in [0.15, 0.2) is 58.0 Å². The molecule has 0 aromatic heterocycles. The first kappa shape index (κ1) is 16.5. The summed E-state index contributed by atoms with van der Waals surface area (Å²) in [5.41, 5.74) is 2.60. The molecule has 1 nitrogen and oxygen atoms in total. The number of hydrogen-bond acceptors (Lipinski definition) is 1. The Labute approximate surface area is 139 Å². The quantitative estimate of drug-likeness (QED) is 0.722. The molecule has 0 aliphatic rings. The molecule has 0 aliphatic carbocycles. The first-order valence-electron chi connectivity index (χ1n) is 6.95. The van der Waals surface area contributed by atoms with Crippen LogP contribution in [0.25, 0.3) is 0 Å². The van der Waals surface area contributed by atoms with E-state index in [2.05, 4.69) is 67.4 Å². The molecule has 0 atom stereocenters. The van der Waals surface area contributed by atoms with Gasteiger partial charge in [-0.1, -0.05) is 0 Å². The van der Waals surface area contributed by atoms with Crippen LogP contribution in [-0.4, -0.2) is 41.6 Å². The zero-order valence-corrected chi connectivity index (χ0v) is 15.8. The summed E-state index contributed by atoms with van der Waals surface area (Å²) < 4.78 is 4.17. The van der Waals surface area contributed by atoms with Crippen LogP contribution in [0.4, 0.5) is 0 Å². The van der Waals surface area contributed by atoms with E-state index in [1.54, 1.807) is 0 Å². The summed E-state index contributed by atoms with van der Waals surface area (Å²) in [6, 6.07) is 17.5. The van der Waals surface area contributed by atoms with Gasteiger partial charge in [0.2, 0.25) is 0 Å². The normalized spacial score (nSPS) is 11.7. The first-order chi connectivity index (χ1) is 10.2. The van der Waals surface area contributed by atoms with Gasteiger partial charge in [-0.3, -0.25) is 0 Å². The van der Waals surface area contributed by atoms with Crippen molar-refractivity contribution in [3.63, 3.8) is 0 Å². The molecule has 0 bridgehead atoms. The molecule has 2 aromatic rings. The van der Waals surface area contributed by atoms with E-state index in [1.165, 1.54) is 24.5 Å². The maximum absolute atomic E-state index is 9.27. The van der Waals surface area contributed by atoms with Crippen LogP contribution in [0, 0.1) is 13.8 Å². The predicted molar refractivity (Wildman–Crippen MR) is 92.9 cm³/mol. The Morgan fingerprint density at radius 1 is 0.905 bits per heavy atom. The minimum atomic E-state index is 0.240. The van der Waals surface area contributed by atoms with Crippen molar-refractivity contribution in [2.75, 3.05) is 6.61 Å². The molecule has 0 fully saturated rings. The van der Waals surface area contributed by atoms with Gasteiger partial charge >= 0.3 is 140 Å². The van der Waals surface area contributed by atoms with Gasteiger partial charge < -0.3 is 0 Å². The second-order valence-electron chi connectivity index (χ2n) is 4.90. The van der Waals surface area contributed by atoms with Crippen LogP contribution < -0.4 is 8.92 Å². The number of benzene rings is 2. The molecule has 0 amide bonds. The Hall–Kier alpha value is -0.821. The molecule has 2 rings (SSSR count). The van der Waals surface area contributed by atoms with E-state index in [4.69, 9.17) is 0 Å². The molecule has 2 aromatic carbocycles. The van der Waals surface area contributed by atoms with Gasteiger partial charge in [-0.2, -0.15) is 0 Å². The van der Waals surface area contributed by atoms with Crippen LogP contribution >= 0.6 is 0 Å². The van der Waals surface area contributed by atoms with E-state index in [0.29, 0.717) is 29.9 Å². The van der Waals surface area contributed by atoms with Gasteiger partial charge in [0, 0.05) is 0 Å². The summed E-state index contributed by atoms with van der Waals surface area (Å²) in [7, 11) is 0. The summed E-state index contributed by atoms with van der Waals surface area (Å²) in [6.45, 7) is 4.47. The number of aryl methyl sites for hydroxylation is 2. The van der Waals surface area contributed by atoms with Gasteiger partial charge in [0.15, 0.2) is 0 Å². The molecule has 0 saturated carbocycles. The van der Waals surface area contributed by atoms with Gasteiger partial charge in [0.25, 0.3) is 0 Å². The first-order valence-corrected chi connectivity index (χ1v) is 10.5. The standard InChI is InChI=1S/C18H20OSe2/c1-14-3-7-16(8-4-14)20-13-18(11-12-19)21-17-9-5-15(2)6-10-17/h3-10,13,19H,11-12H2,1-2H3/b18-13-. The van der Waals surface area contributed by atoms with Crippen LogP contribution in [-0.2, 0) is 0 Å². The second-order valence-corrected chi connectivity index (χ2v) is 9.40. The fourth-order valence-corrected chi connectivity index (χ4v) is 5.94. The zero-order valence-electron chi connectivity index (χ0n) is 12.4. The Kier molecular flexibility index (Phi) is 6.76. The van der Waals surface area contributed by atoms with Gasteiger partial charge in [-0.15, -0.1) is 0 Å². The molecule has 0 saturated heterocycles. The monoisotopic (exact) mass is 412 g/mol. The van der Waals surface area contributed by atoms with Crippen molar-refractivity contribution in [1.29, 1.82) is 0 Å². The maximum atomic E-state index is 9.27. The van der Waals surface area contributed by atoms with Crippen LogP contribution in [0.5, 0.6) is 0 Å². The number of aliphatic hydroxyl groups excluding tert-OH is 1. The van der Waals surface area contributed by atoms with Gasteiger partial charge in [0.1, 0.15) is 0 Å². The van der Waals surface area contributed by atoms with Gasteiger partial charge in [0.05, 0.1) is 0 Å². The third kappa shape index (κ3) is 5.82. The molecular weight excluding hydrogens is 390 g/mol. The minimum absolute atomic E-state index is 0.240. The molecule has 0 spiro atoms. The van der Waals surface area contributed by atoms with Crippen molar-refractivity contribution >= 4 is 38.8 Å². The van der Waals surface area contributed by atoms with E-state index in [0.717, 1.165) is 6.42 Å². The number of rotatable bonds is 6. The van der Waals surface area contributed by atoms with E-state index >= 15 is 0 Å². The average Bonchev–Trinajstić information content (AvgIpc) is 2.49. The molecule has 0 heterocycles. The van der Waals surface area contributed by atoms with Gasteiger partial charge in [-0.25, -0.2) is 0 Å². The molecule has 3 heteroatoms. The van der Waals surface area contributed by atoms with Crippen molar-refractivity contribution < 1.29 is 5.11 Å².